The fourth-order valence-electron chi connectivity index (χ4n) is 1.82. The van der Waals surface area contributed by atoms with Crippen LogP contribution in [0.25, 0.3) is 0 Å². The molecule has 0 bridgehead atoms. The van der Waals surface area contributed by atoms with Crippen LogP contribution in [0.2, 0.25) is 0 Å². The summed E-state index contributed by atoms with van der Waals surface area (Å²) in [6.07, 6.45) is 0.596. The van der Waals surface area contributed by atoms with Crippen LogP contribution in [0.3, 0.4) is 0 Å². The number of likely N-dealkylation sites (tertiary alicyclic amines) is 1. The largest absolute Gasteiger partial charge is 0.468 e. The number of nitrogens with zero attached hydrogens (tertiary/aromatic N) is 1. The zero-order valence-corrected chi connectivity index (χ0v) is 11.5. The Kier molecular flexibility index (Phi) is 4.77. The number of carbonyl (C=O) groups is 2. The summed E-state index contributed by atoms with van der Waals surface area (Å²) in [4.78, 5) is 24.2. The molecule has 0 aromatic rings. The van der Waals surface area contributed by atoms with Gasteiger partial charge in [0.25, 0.3) is 0 Å². The zero-order valence-electron chi connectivity index (χ0n) is 9.90. The normalized spacial score (nSPS) is 22.7. The number of hydrogen-bond donors (Lipinski definition) is 0. The monoisotopic (exact) mass is 291 g/mol. The number of carbonyl (C=O) groups excluding carboxylic acids is 2. The Labute approximate surface area is 104 Å². The molecule has 92 valence electrons. The van der Waals surface area contributed by atoms with Crippen LogP contribution in [-0.4, -0.2) is 41.8 Å². The van der Waals surface area contributed by atoms with Crippen molar-refractivity contribution in [3.8, 4) is 0 Å². The quantitative estimate of drug-likeness (QED) is 0.581. The van der Waals surface area contributed by atoms with Gasteiger partial charge in [0.05, 0.1) is 7.11 Å². The number of rotatable bonds is 4. The molecule has 0 radical (unpaired) electrons. The van der Waals surface area contributed by atoms with Crippen LogP contribution in [0.15, 0.2) is 0 Å². The van der Waals surface area contributed by atoms with Crippen molar-refractivity contribution >= 4 is 27.8 Å². The molecular weight excluding hydrogens is 274 g/mol. The van der Waals surface area contributed by atoms with Gasteiger partial charge in [-0.15, -0.1) is 0 Å². The molecule has 2 atom stereocenters. The highest BCUT2D eigenvalue weighted by molar-refractivity contribution is 9.10. The van der Waals surface area contributed by atoms with E-state index in [-0.39, 0.29) is 11.9 Å². The summed E-state index contributed by atoms with van der Waals surface area (Å²) in [6.45, 7) is 5.38. The molecule has 0 N–H and O–H groups in total. The van der Waals surface area contributed by atoms with Crippen LogP contribution >= 0.6 is 15.9 Å². The van der Waals surface area contributed by atoms with Crippen molar-refractivity contribution < 1.29 is 14.3 Å². The lowest BCUT2D eigenvalue weighted by molar-refractivity contribution is -0.140. The number of esters is 1. The lowest BCUT2D eigenvalue weighted by Crippen LogP contribution is -2.35. The number of methoxy groups -OCH3 is 1. The van der Waals surface area contributed by atoms with Crippen molar-refractivity contribution in [3.05, 3.63) is 0 Å². The highest BCUT2D eigenvalue weighted by atomic mass is 79.9. The Morgan fingerprint density at radius 2 is 2.25 bits per heavy atom. The highest BCUT2D eigenvalue weighted by Gasteiger charge is 2.33. The van der Waals surface area contributed by atoms with Crippen molar-refractivity contribution in [1.82, 2.24) is 4.90 Å². The zero-order chi connectivity index (χ0) is 12.3. The third-order valence-electron chi connectivity index (χ3n) is 3.02. The smallest absolute Gasteiger partial charge is 0.321 e. The topological polar surface area (TPSA) is 46.6 Å². The van der Waals surface area contributed by atoms with Crippen molar-refractivity contribution in [2.75, 3.05) is 20.2 Å². The number of ether oxygens (including phenoxy) is 1. The van der Waals surface area contributed by atoms with Crippen LogP contribution in [0, 0.1) is 11.8 Å². The van der Waals surface area contributed by atoms with Gasteiger partial charge in [0.2, 0.25) is 5.91 Å². The van der Waals surface area contributed by atoms with Gasteiger partial charge in [-0.3, -0.25) is 9.59 Å². The SMILES string of the molecule is COC(=O)C(Br)CN1CC(C(C)C)CC1=O. The Bertz CT molecular complexity index is 280. The molecule has 4 nitrogen and oxygen atoms in total. The van der Waals surface area contributed by atoms with Crippen LogP contribution in [0.4, 0.5) is 0 Å². The van der Waals surface area contributed by atoms with Gasteiger partial charge in [-0.1, -0.05) is 29.8 Å². The molecule has 1 amide bonds. The average molecular weight is 292 g/mol. The number of halogens is 1. The van der Waals surface area contributed by atoms with E-state index in [1.807, 2.05) is 0 Å². The number of amides is 1. The van der Waals surface area contributed by atoms with Crippen LogP contribution in [0.1, 0.15) is 20.3 Å². The molecular formula is C11H18BrNO3. The second kappa shape index (κ2) is 5.66. The maximum absolute atomic E-state index is 11.7. The Morgan fingerprint density at radius 1 is 1.62 bits per heavy atom. The summed E-state index contributed by atoms with van der Waals surface area (Å²) in [5.74, 6) is 0.707. The average Bonchev–Trinajstić information content (AvgIpc) is 2.59. The minimum atomic E-state index is -0.424. The summed E-state index contributed by atoms with van der Waals surface area (Å²) in [5, 5.41) is 0. The number of alkyl halides is 1. The van der Waals surface area contributed by atoms with E-state index in [1.54, 1.807) is 4.90 Å². The van der Waals surface area contributed by atoms with Crippen LogP contribution in [0.5, 0.6) is 0 Å². The lowest BCUT2D eigenvalue weighted by Gasteiger charge is -2.20. The Balaban J connectivity index is 2.50. The van der Waals surface area contributed by atoms with Crippen molar-refractivity contribution in [2.45, 2.75) is 25.1 Å². The molecule has 0 aliphatic carbocycles. The van der Waals surface area contributed by atoms with Crippen molar-refractivity contribution in [1.29, 1.82) is 0 Å². The molecule has 1 rings (SSSR count). The molecule has 1 fully saturated rings. The van der Waals surface area contributed by atoms with Crippen LogP contribution in [-0.2, 0) is 14.3 Å². The minimum absolute atomic E-state index is 0.132. The van der Waals surface area contributed by atoms with Gasteiger partial charge in [-0.2, -0.15) is 0 Å². The van der Waals surface area contributed by atoms with E-state index in [9.17, 15) is 9.59 Å². The van der Waals surface area contributed by atoms with Gasteiger partial charge in [-0.25, -0.2) is 0 Å². The first-order valence-electron chi connectivity index (χ1n) is 5.45. The number of hydrogen-bond acceptors (Lipinski definition) is 3. The third-order valence-corrected chi connectivity index (χ3v) is 3.69. The third kappa shape index (κ3) is 3.20. The predicted molar refractivity (Wildman–Crippen MR) is 64.3 cm³/mol. The van der Waals surface area contributed by atoms with E-state index in [1.165, 1.54) is 7.11 Å². The molecule has 1 aliphatic heterocycles. The van der Waals surface area contributed by atoms with Crippen molar-refractivity contribution in [2.24, 2.45) is 11.8 Å². The first-order valence-corrected chi connectivity index (χ1v) is 6.37. The van der Waals surface area contributed by atoms with E-state index in [0.717, 1.165) is 6.54 Å². The molecule has 2 unspecified atom stereocenters. The maximum atomic E-state index is 11.7. The molecule has 1 aliphatic rings. The second-order valence-corrected chi connectivity index (χ2v) is 5.60. The Morgan fingerprint density at radius 3 is 2.69 bits per heavy atom. The summed E-state index contributed by atoms with van der Waals surface area (Å²) < 4.78 is 4.61. The van der Waals surface area contributed by atoms with Gasteiger partial charge in [0.15, 0.2) is 0 Å². The van der Waals surface area contributed by atoms with E-state index in [0.29, 0.717) is 24.8 Å². The van der Waals surface area contributed by atoms with E-state index < -0.39 is 4.83 Å². The van der Waals surface area contributed by atoms with E-state index >= 15 is 0 Å². The van der Waals surface area contributed by atoms with E-state index in [4.69, 9.17) is 0 Å². The molecule has 1 heterocycles. The predicted octanol–water partition coefficient (Wildman–Crippen LogP) is 1.43. The first-order chi connectivity index (χ1) is 7.45. The summed E-state index contributed by atoms with van der Waals surface area (Å²) in [6, 6.07) is 0. The van der Waals surface area contributed by atoms with Gasteiger partial charge in [0.1, 0.15) is 4.83 Å². The highest BCUT2D eigenvalue weighted by Crippen LogP contribution is 2.25. The molecule has 0 saturated carbocycles. The molecule has 16 heavy (non-hydrogen) atoms. The maximum Gasteiger partial charge on any atom is 0.321 e. The fraction of sp³-hybridized carbons (Fsp3) is 0.818. The van der Waals surface area contributed by atoms with Gasteiger partial charge in [0, 0.05) is 19.5 Å². The molecule has 1 saturated heterocycles. The van der Waals surface area contributed by atoms with Gasteiger partial charge >= 0.3 is 5.97 Å². The minimum Gasteiger partial charge on any atom is -0.468 e. The van der Waals surface area contributed by atoms with Crippen LogP contribution < -0.4 is 0 Å². The summed E-state index contributed by atoms with van der Waals surface area (Å²) >= 11 is 3.23. The van der Waals surface area contributed by atoms with Gasteiger partial charge < -0.3 is 9.64 Å². The fourth-order valence-corrected chi connectivity index (χ4v) is 2.36. The van der Waals surface area contributed by atoms with Gasteiger partial charge in [-0.05, 0) is 11.8 Å². The molecule has 0 aromatic carbocycles. The second-order valence-electron chi connectivity index (χ2n) is 4.50. The molecule has 5 heteroatoms. The Hall–Kier alpha value is -0.580. The lowest BCUT2D eigenvalue weighted by atomic mass is 9.95. The first kappa shape index (κ1) is 13.5. The molecule has 0 aromatic heterocycles. The summed E-state index contributed by atoms with van der Waals surface area (Å²) in [7, 11) is 1.35. The van der Waals surface area contributed by atoms with E-state index in [2.05, 4.69) is 34.5 Å². The standard InChI is InChI=1S/C11H18BrNO3/c1-7(2)8-4-10(14)13(5-8)6-9(12)11(15)16-3/h7-9H,4-6H2,1-3H3. The van der Waals surface area contributed by atoms with Crippen molar-refractivity contribution in [3.63, 3.8) is 0 Å². The molecule has 0 spiro atoms. The summed E-state index contributed by atoms with van der Waals surface area (Å²) in [5.41, 5.74) is 0.